The first-order valence-electron chi connectivity index (χ1n) is 9.15. The summed E-state index contributed by atoms with van der Waals surface area (Å²) in [6.07, 6.45) is 1.69. The van der Waals surface area contributed by atoms with Gasteiger partial charge in [0.2, 0.25) is 5.90 Å². The Hall–Kier alpha value is -3.18. The summed E-state index contributed by atoms with van der Waals surface area (Å²) in [5.41, 5.74) is 3.90. The van der Waals surface area contributed by atoms with Gasteiger partial charge < -0.3 is 9.47 Å². The zero-order valence-corrected chi connectivity index (χ0v) is 17.3. The Balaban J connectivity index is 1.59. The van der Waals surface area contributed by atoms with Gasteiger partial charge in [-0.3, -0.25) is 0 Å². The van der Waals surface area contributed by atoms with Gasteiger partial charge in [-0.1, -0.05) is 70.0 Å². The average molecular weight is 448 g/mol. The minimum Gasteiger partial charge on any atom is -0.488 e. The molecule has 0 aliphatic carbocycles. The molecule has 0 radical (unpaired) electrons. The van der Waals surface area contributed by atoms with Crippen LogP contribution >= 0.6 is 15.9 Å². The first-order valence-corrected chi connectivity index (χ1v) is 9.94. The fourth-order valence-corrected chi connectivity index (χ4v) is 3.36. The third-order valence-electron chi connectivity index (χ3n) is 4.44. The van der Waals surface area contributed by atoms with Gasteiger partial charge in [0.25, 0.3) is 0 Å². The second kappa shape index (κ2) is 8.45. The van der Waals surface area contributed by atoms with Gasteiger partial charge in [0, 0.05) is 21.2 Å². The van der Waals surface area contributed by atoms with E-state index < -0.39 is 5.97 Å². The van der Waals surface area contributed by atoms with Gasteiger partial charge in [0.15, 0.2) is 5.70 Å². The minimum absolute atomic E-state index is 0.249. The van der Waals surface area contributed by atoms with Crippen LogP contribution in [0.5, 0.6) is 5.75 Å². The van der Waals surface area contributed by atoms with Gasteiger partial charge in [-0.15, -0.1) is 0 Å². The number of hydrogen-bond donors (Lipinski definition) is 0. The lowest BCUT2D eigenvalue weighted by Crippen LogP contribution is -2.05. The Labute approximate surface area is 177 Å². The second-order valence-corrected chi connectivity index (χ2v) is 7.48. The highest BCUT2D eigenvalue weighted by molar-refractivity contribution is 9.10. The Morgan fingerprint density at radius 1 is 1.03 bits per heavy atom. The van der Waals surface area contributed by atoms with E-state index in [9.17, 15) is 4.79 Å². The molecule has 1 heterocycles. The number of halogens is 1. The first kappa shape index (κ1) is 19.2. The van der Waals surface area contributed by atoms with Crippen molar-refractivity contribution in [3.63, 3.8) is 0 Å². The summed E-state index contributed by atoms with van der Waals surface area (Å²) >= 11 is 3.53. The van der Waals surface area contributed by atoms with Crippen molar-refractivity contribution in [2.75, 3.05) is 0 Å². The van der Waals surface area contributed by atoms with Crippen LogP contribution in [-0.2, 0) is 16.1 Å². The number of carbonyl (C=O) groups excluding carboxylic acids is 1. The number of benzene rings is 3. The molecule has 3 aromatic carbocycles. The number of cyclic esters (lactones) is 1. The molecule has 29 heavy (non-hydrogen) atoms. The Bertz CT molecular complexity index is 1130. The molecular weight excluding hydrogens is 430 g/mol. The van der Waals surface area contributed by atoms with E-state index in [0.717, 1.165) is 26.7 Å². The smallest absolute Gasteiger partial charge is 0.363 e. The highest BCUT2D eigenvalue weighted by atomic mass is 79.9. The molecule has 0 aromatic heterocycles. The molecule has 0 saturated carbocycles. The number of nitrogens with zero attached hydrogens (tertiary/aromatic N) is 1. The molecule has 0 amide bonds. The van der Waals surface area contributed by atoms with E-state index in [1.54, 1.807) is 6.08 Å². The molecule has 0 saturated heterocycles. The quantitative estimate of drug-likeness (QED) is 0.373. The summed E-state index contributed by atoms with van der Waals surface area (Å²) in [5, 5.41) is 0. The number of hydrogen-bond acceptors (Lipinski definition) is 4. The lowest BCUT2D eigenvalue weighted by molar-refractivity contribution is -0.129. The summed E-state index contributed by atoms with van der Waals surface area (Å²) in [4.78, 5) is 16.7. The summed E-state index contributed by atoms with van der Waals surface area (Å²) in [5.74, 6) is 0.515. The molecule has 1 aliphatic rings. The average Bonchev–Trinajstić information content (AvgIpc) is 3.09. The van der Waals surface area contributed by atoms with Gasteiger partial charge in [0.1, 0.15) is 12.4 Å². The van der Waals surface area contributed by atoms with Crippen molar-refractivity contribution in [2.45, 2.75) is 13.5 Å². The first-order chi connectivity index (χ1) is 14.1. The van der Waals surface area contributed by atoms with E-state index in [4.69, 9.17) is 9.47 Å². The van der Waals surface area contributed by atoms with E-state index in [2.05, 4.69) is 20.9 Å². The van der Waals surface area contributed by atoms with Gasteiger partial charge in [0.05, 0.1) is 0 Å². The van der Waals surface area contributed by atoms with Crippen molar-refractivity contribution >= 4 is 33.9 Å². The maximum atomic E-state index is 12.3. The normalized spacial score (nSPS) is 14.6. The van der Waals surface area contributed by atoms with Crippen LogP contribution in [0.25, 0.3) is 6.08 Å². The molecular formula is C24H18BrNO3. The van der Waals surface area contributed by atoms with Crippen molar-refractivity contribution in [1.29, 1.82) is 0 Å². The largest absolute Gasteiger partial charge is 0.488 e. The number of para-hydroxylation sites is 1. The van der Waals surface area contributed by atoms with E-state index in [1.807, 2.05) is 79.7 Å². The molecule has 4 rings (SSSR count). The van der Waals surface area contributed by atoms with Crippen molar-refractivity contribution < 1.29 is 14.3 Å². The Morgan fingerprint density at radius 3 is 2.66 bits per heavy atom. The Kier molecular flexibility index (Phi) is 5.58. The number of ether oxygens (including phenoxy) is 2. The predicted molar refractivity (Wildman–Crippen MR) is 117 cm³/mol. The molecule has 0 atom stereocenters. The van der Waals surface area contributed by atoms with Crippen LogP contribution in [-0.4, -0.2) is 11.9 Å². The third-order valence-corrected chi connectivity index (χ3v) is 5.21. The summed E-state index contributed by atoms with van der Waals surface area (Å²) in [6.45, 7) is 2.39. The third kappa shape index (κ3) is 4.46. The van der Waals surface area contributed by atoms with Gasteiger partial charge in [-0.25, -0.2) is 9.79 Å². The topological polar surface area (TPSA) is 47.9 Å². The van der Waals surface area contributed by atoms with Gasteiger partial charge >= 0.3 is 5.97 Å². The van der Waals surface area contributed by atoms with Crippen LogP contribution in [0.15, 0.2) is 88.0 Å². The van der Waals surface area contributed by atoms with E-state index >= 15 is 0 Å². The zero-order chi connectivity index (χ0) is 20.2. The molecule has 4 nitrogen and oxygen atoms in total. The van der Waals surface area contributed by atoms with Crippen molar-refractivity contribution in [1.82, 2.24) is 0 Å². The summed E-state index contributed by atoms with van der Waals surface area (Å²) in [7, 11) is 0. The molecule has 1 aliphatic heterocycles. The van der Waals surface area contributed by atoms with Crippen molar-refractivity contribution in [2.24, 2.45) is 4.99 Å². The highest BCUT2D eigenvalue weighted by Gasteiger charge is 2.24. The van der Waals surface area contributed by atoms with Crippen LogP contribution in [0, 0.1) is 6.92 Å². The molecule has 0 bridgehead atoms. The molecule has 144 valence electrons. The number of carbonyl (C=O) groups is 1. The monoisotopic (exact) mass is 447 g/mol. The predicted octanol–water partition coefficient (Wildman–Crippen LogP) is 5.68. The fourth-order valence-electron chi connectivity index (χ4n) is 2.96. The zero-order valence-electron chi connectivity index (χ0n) is 15.8. The fraction of sp³-hybridized carbons (Fsp3) is 0.0833. The SMILES string of the molecule is Cc1cccc(C2=NC(=Cc3ccccc3OCc3ccccc3Br)C(=O)O2)c1. The molecule has 0 N–H and O–H groups in total. The minimum atomic E-state index is -0.470. The van der Waals surface area contributed by atoms with Crippen molar-refractivity contribution in [3.8, 4) is 5.75 Å². The van der Waals surface area contributed by atoms with Gasteiger partial charge in [-0.2, -0.15) is 0 Å². The number of aliphatic imine (C=N–C) groups is 1. The Morgan fingerprint density at radius 2 is 1.83 bits per heavy atom. The second-order valence-electron chi connectivity index (χ2n) is 6.62. The maximum absolute atomic E-state index is 12.3. The highest BCUT2D eigenvalue weighted by Crippen LogP contribution is 2.26. The summed E-state index contributed by atoms with van der Waals surface area (Å²) in [6, 6.07) is 23.1. The van der Waals surface area contributed by atoms with Crippen molar-refractivity contribution in [3.05, 3.63) is 105 Å². The summed E-state index contributed by atoms with van der Waals surface area (Å²) < 4.78 is 12.4. The molecule has 0 fully saturated rings. The van der Waals surface area contributed by atoms with Crippen LogP contribution < -0.4 is 4.74 Å². The van der Waals surface area contributed by atoms with Crippen LogP contribution in [0.2, 0.25) is 0 Å². The number of aryl methyl sites for hydroxylation is 1. The molecule has 0 spiro atoms. The van der Waals surface area contributed by atoms with Crippen LogP contribution in [0.1, 0.15) is 22.3 Å². The molecule has 5 heteroatoms. The standard InChI is InChI=1S/C24H18BrNO3/c1-16-7-6-10-18(13-16)23-26-21(24(27)29-23)14-17-8-3-5-12-22(17)28-15-19-9-2-4-11-20(19)25/h2-14H,15H2,1H3. The maximum Gasteiger partial charge on any atom is 0.363 e. The van der Waals surface area contributed by atoms with E-state index in [1.165, 1.54) is 0 Å². The van der Waals surface area contributed by atoms with E-state index in [0.29, 0.717) is 18.3 Å². The lowest BCUT2D eigenvalue weighted by atomic mass is 10.1. The number of esters is 1. The molecule has 0 unspecified atom stereocenters. The van der Waals surface area contributed by atoms with Crippen LogP contribution in [0.4, 0.5) is 0 Å². The van der Waals surface area contributed by atoms with E-state index in [-0.39, 0.29) is 5.70 Å². The molecule has 3 aromatic rings. The number of rotatable bonds is 5. The van der Waals surface area contributed by atoms with Gasteiger partial charge in [-0.05, 0) is 37.3 Å². The van der Waals surface area contributed by atoms with Crippen LogP contribution in [0.3, 0.4) is 0 Å². The lowest BCUT2D eigenvalue weighted by Gasteiger charge is -2.10.